The Morgan fingerprint density at radius 1 is 1.27 bits per heavy atom. The second kappa shape index (κ2) is 9.52. The van der Waals surface area contributed by atoms with Crippen molar-refractivity contribution < 1.29 is 18.7 Å². The first kappa shape index (κ1) is 23.3. The SMILES string of the molecule is CCOC(=O)C1=C(C)N=c2s/c(=C\c3ccc(Br)o3)c(=O)n2[C@H]1c1ccc(OC(C)C)cc1. The Labute approximate surface area is 202 Å². The summed E-state index contributed by atoms with van der Waals surface area (Å²) in [6.07, 6.45) is 1.71. The first-order valence-electron chi connectivity index (χ1n) is 10.5. The zero-order valence-electron chi connectivity index (χ0n) is 18.6. The average molecular weight is 531 g/mol. The number of benzene rings is 1. The highest BCUT2D eigenvalue weighted by molar-refractivity contribution is 9.10. The third kappa shape index (κ3) is 4.74. The molecule has 1 aliphatic heterocycles. The molecule has 0 radical (unpaired) electrons. The highest BCUT2D eigenvalue weighted by atomic mass is 79.9. The molecule has 0 bridgehead atoms. The maximum Gasteiger partial charge on any atom is 0.338 e. The number of thiazole rings is 1. The number of furan rings is 1. The highest BCUT2D eigenvalue weighted by Crippen LogP contribution is 2.31. The molecule has 0 saturated heterocycles. The van der Waals surface area contributed by atoms with E-state index in [1.165, 1.54) is 11.3 Å². The van der Waals surface area contributed by atoms with Gasteiger partial charge in [-0.2, -0.15) is 0 Å². The van der Waals surface area contributed by atoms with Gasteiger partial charge in [-0.25, -0.2) is 9.79 Å². The lowest BCUT2D eigenvalue weighted by molar-refractivity contribution is -0.139. The number of rotatable bonds is 6. The van der Waals surface area contributed by atoms with Gasteiger partial charge < -0.3 is 13.9 Å². The van der Waals surface area contributed by atoms with Crippen LogP contribution in [0.1, 0.15) is 45.1 Å². The summed E-state index contributed by atoms with van der Waals surface area (Å²) in [7, 11) is 0. The van der Waals surface area contributed by atoms with E-state index in [0.717, 1.165) is 5.56 Å². The van der Waals surface area contributed by atoms with Gasteiger partial charge in [0.25, 0.3) is 5.56 Å². The minimum Gasteiger partial charge on any atom is -0.491 e. The molecule has 9 heteroatoms. The lowest BCUT2D eigenvalue weighted by Gasteiger charge is -2.25. The Morgan fingerprint density at radius 3 is 2.61 bits per heavy atom. The molecule has 7 nitrogen and oxygen atoms in total. The van der Waals surface area contributed by atoms with Crippen LogP contribution in [0, 0.1) is 0 Å². The minimum atomic E-state index is -0.668. The quantitative estimate of drug-likeness (QED) is 0.450. The van der Waals surface area contributed by atoms with Gasteiger partial charge in [0, 0.05) is 6.08 Å². The molecule has 0 N–H and O–H groups in total. The van der Waals surface area contributed by atoms with E-state index in [-0.39, 0.29) is 18.3 Å². The number of allylic oxidation sites excluding steroid dienone is 1. The fourth-order valence-corrected chi connectivity index (χ4v) is 4.99. The first-order chi connectivity index (χ1) is 15.8. The normalized spacial score (nSPS) is 16.1. The van der Waals surface area contributed by atoms with Gasteiger partial charge in [0.2, 0.25) is 0 Å². The number of carbonyl (C=O) groups is 1. The molecular weight excluding hydrogens is 508 g/mol. The molecule has 1 aliphatic rings. The third-order valence-corrected chi connectivity index (χ3v) is 6.36. The van der Waals surface area contributed by atoms with Gasteiger partial charge >= 0.3 is 5.97 Å². The average Bonchev–Trinajstić information content (AvgIpc) is 3.30. The van der Waals surface area contributed by atoms with Crippen LogP contribution in [-0.2, 0) is 9.53 Å². The standard InChI is InChI=1S/C24H23BrN2O5S/c1-5-30-23(29)20-14(4)26-24-27(21(20)15-6-8-16(9-7-15)31-13(2)3)22(28)18(33-24)12-17-10-11-19(25)32-17/h6-13,21H,5H2,1-4H3/b18-12-/t21-/m0/s1. The Morgan fingerprint density at radius 2 is 2.00 bits per heavy atom. The van der Waals surface area contributed by atoms with Crippen molar-refractivity contribution in [1.82, 2.24) is 4.57 Å². The molecule has 172 valence electrons. The summed E-state index contributed by atoms with van der Waals surface area (Å²) in [6, 6.07) is 10.3. The van der Waals surface area contributed by atoms with Crippen LogP contribution in [0.15, 0.2) is 66.5 Å². The molecule has 0 fully saturated rings. The molecule has 3 aromatic rings. The Hall–Kier alpha value is -2.91. The van der Waals surface area contributed by atoms with Crippen molar-refractivity contribution in [3.05, 3.63) is 83.3 Å². The molecular formula is C24H23BrN2O5S. The van der Waals surface area contributed by atoms with Crippen molar-refractivity contribution in [3.8, 4) is 5.75 Å². The van der Waals surface area contributed by atoms with Gasteiger partial charge in [0.15, 0.2) is 9.47 Å². The van der Waals surface area contributed by atoms with Gasteiger partial charge in [-0.05, 0) is 73.5 Å². The predicted octanol–water partition coefficient (Wildman–Crippen LogP) is 3.94. The highest BCUT2D eigenvalue weighted by Gasteiger charge is 2.33. The van der Waals surface area contributed by atoms with E-state index in [4.69, 9.17) is 13.9 Å². The molecule has 0 unspecified atom stereocenters. The van der Waals surface area contributed by atoms with Gasteiger partial charge in [-0.1, -0.05) is 23.5 Å². The van der Waals surface area contributed by atoms with Crippen LogP contribution in [0.2, 0.25) is 0 Å². The Bertz CT molecular complexity index is 1400. The summed E-state index contributed by atoms with van der Waals surface area (Å²) >= 11 is 4.52. The number of esters is 1. The van der Waals surface area contributed by atoms with Crippen molar-refractivity contribution in [2.75, 3.05) is 6.61 Å². The summed E-state index contributed by atoms with van der Waals surface area (Å²) in [4.78, 5) is 31.5. The molecule has 0 spiro atoms. The minimum absolute atomic E-state index is 0.0346. The largest absolute Gasteiger partial charge is 0.491 e. The summed E-state index contributed by atoms with van der Waals surface area (Å²) in [5, 5.41) is 0. The maximum absolute atomic E-state index is 13.5. The summed E-state index contributed by atoms with van der Waals surface area (Å²) < 4.78 is 19.2. The van der Waals surface area contributed by atoms with Gasteiger partial charge in [-0.15, -0.1) is 0 Å². The number of hydrogen-bond acceptors (Lipinski definition) is 7. The van der Waals surface area contributed by atoms with Crippen molar-refractivity contribution in [2.24, 2.45) is 4.99 Å². The number of halogens is 1. The molecule has 0 aliphatic carbocycles. The lowest BCUT2D eigenvalue weighted by Crippen LogP contribution is -2.39. The number of carbonyl (C=O) groups excluding carboxylic acids is 1. The van der Waals surface area contributed by atoms with Crippen LogP contribution >= 0.6 is 27.3 Å². The van der Waals surface area contributed by atoms with Crippen LogP contribution in [-0.4, -0.2) is 23.2 Å². The first-order valence-corrected chi connectivity index (χ1v) is 12.1. The predicted molar refractivity (Wildman–Crippen MR) is 129 cm³/mol. The summed E-state index contributed by atoms with van der Waals surface area (Å²) in [5.74, 6) is 0.763. The number of aromatic nitrogens is 1. The van der Waals surface area contributed by atoms with Crippen LogP contribution in [0.25, 0.3) is 6.08 Å². The monoisotopic (exact) mass is 530 g/mol. The van der Waals surface area contributed by atoms with Gasteiger partial charge in [0.1, 0.15) is 11.5 Å². The molecule has 1 aromatic carbocycles. The number of hydrogen-bond donors (Lipinski definition) is 0. The molecule has 3 heterocycles. The molecule has 0 amide bonds. The molecule has 4 rings (SSSR count). The molecule has 1 atom stereocenters. The van der Waals surface area contributed by atoms with E-state index in [9.17, 15) is 9.59 Å². The number of ether oxygens (including phenoxy) is 2. The van der Waals surface area contributed by atoms with Crippen LogP contribution in [0.3, 0.4) is 0 Å². The molecule has 33 heavy (non-hydrogen) atoms. The zero-order valence-corrected chi connectivity index (χ0v) is 21.0. The Kier molecular flexibility index (Phi) is 6.71. The maximum atomic E-state index is 13.5. The van der Waals surface area contributed by atoms with E-state index in [1.807, 2.05) is 38.1 Å². The van der Waals surface area contributed by atoms with Crippen molar-refractivity contribution in [1.29, 1.82) is 0 Å². The number of nitrogens with zero attached hydrogens (tertiary/aromatic N) is 2. The van der Waals surface area contributed by atoms with E-state index in [2.05, 4.69) is 20.9 Å². The second-order valence-corrected chi connectivity index (χ2v) is 9.47. The second-order valence-electron chi connectivity index (χ2n) is 7.68. The summed E-state index contributed by atoms with van der Waals surface area (Å²) in [6.45, 7) is 7.64. The van der Waals surface area contributed by atoms with Crippen LogP contribution in [0.5, 0.6) is 5.75 Å². The van der Waals surface area contributed by atoms with Gasteiger partial charge in [-0.3, -0.25) is 9.36 Å². The zero-order chi connectivity index (χ0) is 23.7. The van der Waals surface area contributed by atoms with Crippen LogP contribution < -0.4 is 19.6 Å². The lowest BCUT2D eigenvalue weighted by atomic mass is 9.96. The van der Waals surface area contributed by atoms with Crippen molar-refractivity contribution >= 4 is 39.3 Å². The third-order valence-electron chi connectivity index (χ3n) is 4.95. The van der Waals surface area contributed by atoms with Crippen molar-refractivity contribution in [2.45, 2.75) is 39.8 Å². The van der Waals surface area contributed by atoms with E-state index < -0.39 is 12.0 Å². The smallest absolute Gasteiger partial charge is 0.338 e. The van der Waals surface area contributed by atoms with E-state index in [1.54, 1.807) is 36.6 Å². The summed E-state index contributed by atoms with van der Waals surface area (Å²) in [5.41, 5.74) is 1.37. The fourth-order valence-electron chi connectivity index (χ4n) is 3.64. The van der Waals surface area contributed by atoms with E-state index >= 15 is 0 Å². The van der Waals surface area contributed by atoms with Crippen molar-refractivity contribution in [3.63, 3.8) is 0 Å². The molecule has 0 saturated carbocycles. The number of fused-ring (bicyclic) bond motifs is 1. The fraction of sp³-hybridized carbons (Fsp3) is 0.292. The van der Waals surface area contributed by atoms with Gasteiger partial charge in [0.05, 0.1) is 34.6 Å². The van der Waals surface area contributed by atoms with Crippen LogP contribution in [0.4, 0.5) is 0 Å². The Balaban J connectivity index is 1.89. The molecule has 2 aromatic heterocycles. The topological polar surface area (TPSA) is 83.0 Å². The van der Waals surface area contributed by atoms with E-state index in [0.29, 0.717) is 36.8 Å².